The number of nitrogens with two attached hydrogens (primary N) is 1. The molecule has 0 aliphatic rings. The molecule has 2 N–H and O–H groups in total. The van der Waals surface area contributed by atoms with Gasteiger partial charge >= 0.3 is 0 Å². The van der Waals surface area contributed by atoms with Gasteiger partial charge in [-0.1, -0.05) is 25.8 Å². The number of thiophene rings is 1. The average Bonchev–Trinajstić information content (AvgIpc) is 2.77. The largest absolute Gasteiger partial charge is 0.323 e. The molecular weight excluding hydrogens is 214 g/mol. The first-order chi connectivity index (χ1) is 7.77. The summed E-state index contributed by atoms with van der Waals surface area (Å²) in [4.78, 5) is 2.79. The van der Waals surface area contributed by atoms with Crippen LogP contribution in [0.5, 0.6) is 0 Å². The van der Waals surface area contributed by atoms with E-state index in [-0.39, 0.29) is 6.04 Å². The van der Waals surface area contributed by atoms with Gasteiger partial charge in [0.05, 0.1) is 0 Å². The minimum absolute atomic E-state index is 0.244. The molecule has 1 heterocycles. The summed E-state index contributed by atoms with van der Waals surface area (Å²) >= 11 is 1.87. The molecule has 1 atom stereocenters. The van der Waals surface area contributed by atoms with Crippen LogP contribution in [0.1, 0.15) is 54.8 Å². The number of unbranched alkanes of at least 4 members (excludes halogenated alkanes) is 3. The second-order valence-corrected chi connectivity index (χ2v) is 5.39. The van der Waals surface area contributed by atoms with Crippen LogP contribution in [-0.4, -0.2) is 0 Å². The SMILES string of the molecule is C=CCCCCCC(N)c1ccc(CC)s1. The molecule has 2 heteroatoms. The lowest BCUT2D eigenvalue weighted by molar-refractivity contribution is 0.578. The van der Waals surface area contributed by atoms with Gasteiger partial charge in [0.1, 0.15) is 0 Å². The Labute approximate surface area is 103 Å². The lowest BCUT2D eigenvalue weighted by atomic mass is 10.1. The van der Waals surface area contributed by atoms with E-state index in [0.29, 0.717) is 0 Å². The van der Waals surface area contributed by atoms with Gasteiger partial charge in [-0.25, -0.2) is 0 Å². The van der Waals surface area contributed by atoms with Gasteiger partial charge < -0.3 is 5.73 Å². The molecule has 0 aromatic carbocycles. The fourth-order valence-electron chi connectivity index (χ4n) is 1.76. The topological polar surface area (TPSA) is 26.0 Å². The van der Waals surface area contributed by atoms with Gasteiger partial charge in [-0.2, -0.15) is 0 Å². The zero-order valence-electron chi connectivity index (χ0n) is 10.2. The van der Waals surface area contributed by atoms with Crippen molar-refractivity contribution in [1.29, 1.82) is 0 Å². The summed E-state index contributed by atoms with van der Waals surface area (Å²) in [5.41, 5.74) is 6.17. The summed E-state index contributed by atoms with van der Waals surface area (Å²) in [6.45, 7) is 5.92. The molecule has 16 heavy (non-hydrogen) atoms. The fourth-order valence-corrected chi connectivity index (χ4v) is 2.74. The van der Waals surface area contributed by atoms with Gasteiger partial charge in [-0.15, -0.1) is 17.9 Å². The Bertz CT molecular complexity index is 303. The Kier molecular flexibility index (Phi) is 6.43. The van der Waals surface area contributed by atoms with E-state index >= 15 is 0 Å². The van der Waals surface area contributed by atoms with Crippen molar-refractivity contribution in [3.05, 3.63) is 34.5 Å². The maximum absolute atomic E-state index is 6.17. The summed E-state index contributed by atoms with van der Waals surface area (Å²) in [5.74, 6) is 0. The van der Waals surface area contributed by atoms with Crippen molar-refractivity contribution < 1.29 is 0 Å². The minimum Gasteiger partial charge on any atom is -0.323 e. The Hall–Kier alpha value is -0.600. The number of rotatable bonds is 8. The van der Waals surface area contributed by atoms with Crippen LogP contribution < -0.4 is 5.73 Å². The van der Waals surface area contributed by atoms with E-state index in [4.69, 9.17) is 5.73 Å². The Morgan fingerprint density at radius 2 is 2.19 bits per heavy atom. The monoisotopic (exact) mass is 237 g/mol. The average molecular weight is 237 g/mol. The molecule has 0 spiro atoms. The number of hydrogen-bond acceptors (Lipinski definition) is 2. The third kappa shape index (κ3) is 4.50. The molecule has 1 rings (SSSR count). The van der Waals surface area contributed by atoms with E-state index in [9.17, 15) is 0 Å². The van der Waals surface area contributed by atoms with Crippen molar-refractivity contribution in [2.24, 2.45) is 5.73 Å². The highest BCUT2D eigenvalue weighted by atomic mass is 32.1. The van der Waals surface area contributed by atoms with E-state index in [2.05, 4.69) is 25.6 Å². The Balaban J connectivity index is 2.23. The second-order valence-electron chi connectivity index (χ2n) is 4.19. The molecule has 1 aromatic rings. The standard InChI is InChI=1S/C14H23NS/c1-3-5-6-7-8-9-13(15)14-11-10-12(4-2)16-14/h3,10-11,13H,1,4-9,15H2,2H3. The molecule has 1 unspecified atom stereocenters. The third-order valence-corrected chi connectivity index (χ3v) is 4.18. The fraction of sp³-hybridized carbons (Fsp3) is 0.571. The van der Waals surface area contributed by atoms with E-state index in [1.165, 1.54) is 29.0 Å². The first-order valence-electron chi connectivity index (χ1n) is 6.23. The smallest absolute Gasteiger partial charge is 0.0389 e. The highest BCUT2D eigenvalue weighted by Gasteiger charge is 2.08. The van der Waals surface area contributed by atoms with Crippen molar-refractivity contribution in [2.45, 2.75) is 51.5 Å². The lowest BCUT2D eigenvalue weighted by Gasteiger charge is -2.08. The van der Waals surface area contributed by atoms with E-state index in [1.807, 2.05) is 17.4 Å². The summed E-state index contributed by atoms with van der Waals surface area (Å²) < 4.78 is 0. The first kappa shape index (κ1) is 13.5. The van der Waals surface area contributed by atoms with Crippen molar-refractivity contribution in [2.75, 3.05) is 0 Å². The van der Waals surface area contributed by atoms with Crippen LogP contribution >= 0.6 is 11.3 Å². The molecule has 1 aromatic heterocycles. The van der Waals surface area contributed by atoms with Gasteiger partial charge in [0.2, 0.25) is 0 Å². The van der Waals surface area contributed by atoms with E-state index in [1.54, 1.807) is 0 Å². The van der Waals surface area contributed by atoms with Gasteiger partial charge in [-0.3, -0.25) is 0 Å². The van der Waals surface area contributed by atoms with Crippen molar-refractivity contribution in [1.82, 2.24) is 0 Å². The molecule has 90 valence electrons. The molecule has 0 aliphatic carbocycles. The number of aryl methyl sites for hydroxylation is 1. The van der Waals surface area contributed by atoms with Crippen LogP contribution in [-0.2, 0) is 6.42 Å². The van der Waals surface area contributed by atoms with Crippen LogP contribution in [0.3, 0.4) is 0 Å². The van der Waals surface area contributed by atoms with Crippen LogP contribution in [0.4, 0.5) is 0 Å². The predicted octanol–water partition coefficient (Wildman–Crippen LogP) is 4.45. The summed E-state index contributed by atoms with van der Waals surface area (Å²) in [5, 5.41) is 0. The van der Waals surface area contributed by atoms with Gasteiger partial charge in [0, 0.05) is 15.8 Å². The van der Waals surface area contributed by atoms with Crippen molar-refractivity contribution in [3.8, 4) is 0 Å². The summed E-state index contributed by atoms with van der Waals surface area (Å²) in [6.07, 6.45) is 9.11. The highest BCUT2D eigenvalue weighted by Crippen LogP contribution is 2.25. The van der Waals surface area contributed by atoms with E-state index in [0.717, 1.165) is 19.3 Å². The molecule has 0 bridgehead atoms. The number of hydrogen-bond donors (Lipinski definition) is 1. The summed E-state index contributed by atoms with van der Waals surface area (Å²) in [7, 11) is 0. The normalized spacial score (nSPS) is 12.6. The maximum atomic E-state index is 6.17. The highest BCUT2D eigenvalue weighted by molar-refractivity contribution is 7.12. The molecule has 0 aliphatic heterocycles. The molecule has 0 radical (unpaired) electrons. The van der Waals surface area contributed by atoms with Gasteiger partial charge in [-0.05, 0) is 37.8 Å². The molecule has 0 fully saturated rings. The van der Waals surface area contributed by atoms with Gasteiger partial charge in [0.25, 0.3) is 0 Å². The molecule has 0 saturated carbocycles. The van der Waals surface area contributed by atoms with Crippen LogP contribution in [0.25, 0.3) is 0 Å². The third-order valence-electron chi connectivity index (χ3n) is 2.82. The molecular formula is C14H23NS. The number of allylic oxidation sites excluding steroid dienone is 1. The zero-order valence-corrected chi connectivity index (χ0v) is 11.1. The second kappa shape index (κ2) is 7.64. The van der Waals surface area contributed by atoms with Gasteiger partial charge in [0.15, 0.2) is 0 Å². The predicted molar refractivity (Wildman–Crippen MR) is 73.9 cm³/mol. The van der Waals surface area contributed by atoms with Crippen LogP contribution in [0, 0.1) is 0 Å². The zero-order chi connectivity index (χ0) is 11.8. The van der Waals surface area contributed by atoms with E-state index < -0.39 is 0 Å². The summed E-state index contributed by atoms with van der Waals surface area (Å²) in [6, 6.07) is 4.64. The Morgan fingerprint density at radius 1 is 1.38 bits per heavy atom. The molecule has 0 amide bonds. The van der Waals surface area contributed by atoms with Crippen molar-refractivity contribution in [3.63, 3.8) is 0 Å². The lowest BCUT2D eigenvalue weighted by Crippen LogP contribution is -2.08. The minimum atomic E-state index is 0.244. The maximum Gasteiger partial charge on any atom is 0.0389 e. The molecule has 1 nitrogen and oxygen atoms in total. The van der Waals surface area contributed by atoms with Crippen LogP contribution in [0.15, 0.2) is 24.8 Å². The Morgan fingerprint density at radius 3 is 2.81 bits per heavy atom. The quantitative estimate of drug-likeness (QED) is 0.525. The first-order valence-corrected chi connectivity index (χ1v) is 7.04. The van der Waals surface area contributed by atoms with Crippen LogP contribution in [0.2, 0.25) is 0 Å². The molecule has 0 saturated heterocycles. The van der Waals surface area contributed by atoms with Crippen molar-refractivity contribution >= 4 is 11.3 Å².